The highest BCUT2D eigenvalue weighted by atomic mass is 16.7. The zero-order valence-electron chi connectivity index (χ0n) is 13.1. The molecule has 5 nitrogen and oxygen atoms in total. The Morgan fingerprint density at radius 3 is 2.96 bits per heavy atom. The summed E-state index contributed by atoms with van der Waals surface area (Å²) in [5.41, 5.74) is 2.40. The highest BCUT2D eigenvalue weighted by Crippen LogP contribution is 2.67. The average Bonchev–Trinajstić information content (AvgIpc) is 2.95. The summed E-state index contributed by atoms with van der Waals surface area (Å²) >= 11 is 0. The molecule has 1 saturated carbocycles. The molecule has 4 aliphatic heterocycles. The second-order valence-corrected chi connectivity index (χ2v) is 7.65. The number of benzene rings is 1. The Morgan fingerprint density at radius 1 is 1.17 bits per heavy atom. The maximum Gasteiger partial charge on any atom is 0.231 e. The molecule has 0 bridgehead atoms. The largest absolute Gasteiger partial charge is 0.454 e. The van der Waals surface area contributed by atoms with Gasteiger partial charge in [-0.2, -0.15) is 0 Å². The van der Waals surface area contributed by atoms with Crippen molar-refractivity contribution < 1.29 is 19.3 Å². The first-order valence-corrected chi connectivity index (χ1v) is 8.77. The SMILES string of the molecule is O[C@H]1C[C@H]2O[C@]23CCN2CCCc4cc5c(cc4[C@@]23C1)OCO5. The standard InChI is InChI=1S/C18H21NO4/c20-12-7-16-18(23-16)3-5-19-4-1-2-11-6-14-15(22-10-21-14)8-13(11)17(18,19)9-12/h6,8,12,16,20H,1-5,7,9-10H2/t12-,16+,17+,18+/m0/s1. The van der Waals surface area contributed by atoms with E-state index >= 15 is 0 Å². The lowest BCUT2D eigenvalue weighted by Crippen LogP contribution is -2.55. The lowest BCUT2D eigenvalue weighted by atomic mass is 9.67. The summed E-state index contributed by atoms with van der Waals surface area (Å²) in [7, 11) is 0. The van der Waals surface area contributed by atoms with Gasteiger partial charge in [-0.25, -0.2) is 0 Å². The van der Waals surface area contributed by atoms with E-state index in [2.05, 4.69) is 17.0 Å². The number of aliphatic hydroxyl groups excluding tert-OH is 1. The van der Waals surface area contributed by atoms with Crippen LogP contribution in [0.25, 0.3) is 0 Å². The molecule has 4 atom stereocenters. The molecule has 122 valence electrons. The molecule has 0 amide bonds. The molecule has 1 N–H and O–H groups in total. The van der Waals surface area contributed by atoms with Gasteiger partial charge in [0.15, 0.2) is 11.5 Å². The molecule has 1 aromatic carbocycles. The molecule has 2 saturated heterocycles. The molecular weight excluding hydrogens is 294 g/mol. The topological polar surface area (TPSA) is 54.5 Å². The van der Waals surface area contributed by atoms with Gasteiger partial charge in [-0.1, -0.05) is 0 Å². The minimum absolute atomic E-state index is 0.0843. The van der Waals surface area contributed by atoms with Crippen LogP contribution in [0.1, 0.15) is 36.8 Å². The fraction of sp³-hybridized carbons (Fsp3) is 0.667. The number of aliphatic hydroxyl groups is 1. The number of fused-ring (bicyclic) bond motifs is 2. The van der Waals surface area contributed by atoms with Crippen LogP contribution < -0.4 is 9.47 Å². The highest BCUT2D eigenvalue weighted by Gasteiger charge is 2.77. The van der Waals surface area contributed by atoms with Gasteiger partial charge in [0.1, 0.15) is 5.60 Å². The molecule has 23 heavy (non-hydrogen) atoms. The van der Waals surface area contributed by atoms with Gasteiger partial charge in [-0.05, 0) is 55.5 Å². The van der Waals surface area contributed by atoms with Crippen molar-refractivity contribution in [3.8, 4) is 11.5 Å². The molecule has 1 aliphatic carbocycles. The first-order chi connectivity index (χ1) is 11.2. The van der Waals surface area contributed by atoms with Crippen LogP contribution in [0, 0.1) is 0 Å². The van der Waals surface area contributed by atoms with Crippen molar-refractivity contribution in [2.24, 2.45) is 0 Å². The van der Waals surface area contributed by atoms with Crippen LogP contribution in [0.15, 0.2) is 12.1 Å². The third kappa shape index (κ3) is 1.41. The average molecular weight is 315 g/mol. The van der Waals surface area contributed by atoms with E-state index in [1.807, 2.05) is 0 Å². The summed E-state index contributed by atoms with van der Waals surface area (Å²) in [4.78, 5) is 2.59. The zero-order chi connectivity index (χ0) is 15.2. The molecule has 6 rings (SSSR count). The lowest BCUT2D eigenvalue weighted by Gasteiger charge is -2.45. The third-order valence-corrected chi connectivity index (χ3v) is 6.74. The van der Waals surface area contributed by atoms with Crippen LogP contribution in [0.3, 0.4) is 0 Å². The molecule has 0 radical (unpaired) electrons. The number of ether oxygens (including phenoxy) is 3. The summed E-state index contributed by atoms with van der Waals surface area (Å²) in [5.74, 6) is 1.71. The number of hydrogen-bond acceptors (Lipinski definition) is 5. The third-order valence-electron chi connectivity index (χ3n) is 6.74. The molecule has 2 spiro atoms. The number of hydrogen-bond donors (Lipinski definition) is 1. The Hall–Kier alpha value is -1.30. The zero-order valence-corrected chi connectivity index (χ0v) is 13.1. The summed E-state index contributed by atoms with van der Waals surface area (Å²) in [6, 6.07) is 4.35. The van der Waals surface area contributed by atoms with E-state index in [9.17, 15) is 5.11 Å². The van der Waals surface area contributed by atoms with E-state index in [4.69, 9.17) is 14.2 Å². The first kappa shape index (κ1) is 13.0. The van der Waals surface area contributed by atoms with E-state index in [1.165, 1.54) is 11.1 Å². The van der Waals surface area contributed by atoms with Crippen LogP contribution in [-0.2, 0) is 16.7 Å². The molecule has 1 aromatic rings. The molecule has 0 unspecified atom stereocenters. The van der Waals surface area contributed by atoms with E-state index in [0.717, 1.165) is 56.7 Å². The minimum Gasteiger partial charge on any atom is -0.454 e. The predicted octanol–water partition coefficient (Wildman–Crippen LogP) is 1.55. The Kier molecular flexibility index (Phi) is 2.28. The van der Waals surface area contributed by atoms with Gasteiger partial charge in [0, 0.05) is 13.0 Å². The van der Waals surface area contributed by atoms with Crippen LogP contribution in [0.4, 0.5) is 0 Å². The summed E-state index contributed by atoms with van der Waals surface area (Å²) in [5, 5.41) is 10.5. The smallest absolute Gasteiger partial charge is 0.231 e. The van der Waals surface area contributed by atoms with Crippen molar-refractivity contribution in [1.29, 1.82) is 0 Å². The molecular formula is C18H21NO4. The number of rotatable bonds is 0. The minimum atomic E-state index is -0.285. The fourth-order valence-electron chi connectivity index (χ4n) is 5.83. The van der Waals surface area contributed by atoms with Gasteiger partial charge in [0.2, 0.25) is 6.79 Å². The van der Waals surface area contributed by atoms with Gasteiger partial charge in [-0.15, -0.1) is 0 Å². The Labute approximate surface area is 135 Å². The molecule has 5 aliphatic rings. The van der Waals surface area contributed by atoms with Gasteiger partial charge >= 0.3 is 0 Å². The first-order valence-electron chi connectivity index (χ1n) is 8.77. The highest BCUT2D eigenvalue weighted by molar-refractivity contribution is 5.54. The Morgan fingerprint density at radius 2 is 2.04 bits per heavy atom. The summed E-state index contributed by atoms with van der Waals surface area (Å²) in [6.45, 7) is 2.45. The van der Waals surface area contributed by atoms with Crippen molar-refractivity contribution in [2.45, 2.75) is 55.5 Å². The van der Waals surface area contributed by atoms with Crippen LogP contribution in [0.5, 0.6) is 11.5 Å². The number of aryl methyl sites for hydroxylation is 1. The monoisotopic (exact) mass is 315 g/mol. The lowest BCUT2D eigenvalue weighted by molar-refractivity contribution is 0.00796. The van der Waals surface area contributed by atoms with Crippen molar-refractivity contribution in [2.75, 3.05) is 19.9 Å². The molecule has 4 heterocycles. The van der Waals surface area contributed by atoms with Gasteiger partial charge in [0.25, 0.3) is 0 Å². The van der Waals surface area contributed by atoms with Crippen molar-refractivity contribution >= 4 is 0 Å². The van der Waals surface area contributed by atoms with Crippen LogP contribution in [-0.4, -0.2) is 47.7 Å². The molecule has 3 fully saturated rings. The quantitative estimate of drug-likeness (QED) is 0.736. The Bertz CT molecular complexity index is 707. The van der Waals surface area contributed by atoms with E-state index in [1.54, 1.807) is 0 Å². The second-order valence-electron chi connectivity index (χ2n) is 7.65. The molecule has 5 heteroatoms. The number of nitrogens with zero attached hydrogens (tertiary/aromatic N) is 1. The van der Waals surface area contributed by atoms with Gasteiger partial charge in [-0.3, -0.25) is 4.90 Å². The maximum absolute atomic E-state index is 10.5. The van der Waals surface area contributed by atoms with Gasteiger partial charge in [0.05, 0.1) is 17.7 Å². The van der Waals surface area contributed by atoms with Crippen LogP contribution in [0.2, 0.25) is 0 Å². The van der Waals surface area contributed by atoms with Crippen LogP contribution >= 0.6 is 0 Å². The fourth-order valence-corrected chi connectivity index (χ4v) is 5.83. The normalized spacial score (nSPS) is 43.2. The molecule has 0 aromatic heterocycles. The van der Waals surface area contributed by atoms with Crippen molar-refractivity contribution in [3.63, 3.8) is 0 Å². The van der Waals surface area contributed by atoms with E-state index in [-0.39, 0.29) is 23.3 Å². The van der Waals surface area contributed by atoms with Crippen molar-refractivity contribution in [3.05, 3.63) is 23.3 Å². The van der Waals surface area contributed by atoms with Crippen molar-refractivity contribution in [1.82, 2.24) is 4.90 Å². The van der Waals surface area contributed by atoms with Gasteiger partial charge < -0.3 is 19.3 Å². The van der Waals surface area contributed by atoms with E-state index < -0.39 is 0 Å². The maximum atomic E-state index is 10.5. The number of epoxide rings is 1. The summed E-state index contributed by atoms with van der Waals surface area (Å²) in [6.07, 6.45) is 4.77. The van der Waals surface area contributed by atoms with E-state index in [0.29, 0.717) is 6.79 Å². The predicted molar refractivity (Wildman–Crippen MR) is 81.6 cm³/mol. The Balaban J connectivity index is 1.61. The summed E-state index contributed by atoms with van der Waals surface area (Å²) < 4.78 is 17.5. The second kappa shape index (κ2) is 4.02.